The topological polar surface area (TPSA) is 104 Å². The molecule has 4 N–H and O–H groups in total. The lowest BCUT2D eigenvalue weighted by Gasteiger charge is -2.12. The van der Waals surface area contributed by atoms with Crippen LogP contribution in [-0.2, 0) is 4.79 Å². The maximum Gasteiger partial charge on any atom is 0.220 e. The Labute approximate surface area is 98.8 Å². The molecule has 1 amide bonds. The van der Waals surface area contributed by atoms with Gasteiger partial charge in [0.05, 0.1) is 17.4 Å². The summed E-state index contributed by atoms with van der Waals surface area (Å²) >= 11 is 0. The van der Waals surface area contributed by atoms with Gasteiger partial charge in [0, 0.05) is 19.0 Å². The number of nitrogens with one attached hydrogen (secondary N) is 2. The molecule has 1 atom stereocenters. The number of nitrogens with two attached hydrogens (primary N) is 1. The van der Waals surface area contributed by atoms with E-state index in [1.54, 1.807) is 6.07 Å². The molecule has 1 saturated heterocycles. The third-order valence-electron chi connectivity index (χ3n) is 2.63. The highest BCUT2D eigenvalue weighted by Crippen LogP contribution is 2.15. The van der Waals surface area contributed by atoms with E-state index in [1.807, 2.05) is 6.07 Å². The summed E-state index contributed by atoms with van der Waals surface area (Å²) in [6, 6.07) is 3.71. The normalized spacial score (nSPS) is 18.5. The van der Waals surface area contributed by atoms with Crippen molar-refractivity contribution in [3.8, 4) is 6.07 Å². The van der Waals surface area contributed by atoms with Crippen LogP contribution < -0.4 is 16.4 Å². The highest BCUT2D eigenvalue weighted by atomic mass is 16.1. The van der Waals surface area contributed by atoms with E-state index in [2.05, 4.69) is 15.6 Å². The third kappa shape index (κ3) is 2.64. The summed E-state index contributed by atoms with van der Waals surface area (Å²) in [6.07, 6.45) is 2.87. The van der Waals surface area contributed by atoms with Crippen LogP contribution in [0.3, 0.4) is 0 Å². The largest absolute Gasteiger partial charge is 0.397 e. The Kier molecular flexibility index (Phi) is 3.10. The molecule has 1 unspecified atom stereocenters. The van der Waals surface area contributed by atoms with Gasteiger partial charge in [0.15, 0.2) is 0 Å². The van der Waals surface area contributed by atoms with Crippen LogP contribution in [0, 0.1) is 11.3 Å². The summed E-state index contributed by atoms with van der Waals surface area (Å²) in [7, 11) is 0. The van der Waals surface area contributed by atoms with Crippen molar-refractivity contribution in [2.24, 2.45) is 0 Å². The molecular formula is C11H13N5O. The number of carbonyl (C=O) groups is 1. The molecule has 0 saturated carbocycles. The Balaban J connectivity index is 1.99. The lowest BCUT2D eigenvalue weighted by Crippen LogP contribution is -2.32. The summed E-state index contributed by atoms with van der Waals surface area (Å²) in [4.78, 5) is 15.1. The van der Waals surface area contributed by atoms with E-state index in [0.29, 0.717) is 30.0 Å². The van der Waals surface area contributed by atoms with E-state index >= 15 is 0 Å². The van der Waals surface area contributed by atoms with E-state index in [1.165, 1.54) is 6.20 Å². The molecular weight excluding hydrogens is 218 g/mol. The van der Waals surface area contributed by atoms with Gasteiger partial charge in [-0.3, -0.25) is 4.79 Å². The van der Waals surface area contributed by atoms with Gasteiger partial charge < -0.3 is 16.4 Å². The van der Waals surface area contributed by atoms with Crippen molar-refractivity contribution in [2.45, 2.75) is 18.9 Å². The standard InChI is InChI=1S/C11H13N5O/c12-4-7-3-8(13)5-14-11(7)15-6-9-1-2-10(17)16-9/h3,5,9H,1-2,6,13H2,(H,14,15)(H,16,17). The van der Waals surface area contributed by atoms with Crippen LogP contribution in [0.25, 0.3) is 0 Å². The first-order chi connectivity index (χ1) is 8.19. The Morgan fingerprint density at radius 3 is 3.18 bits per heavy atom. The smallest absolute Gasteiger partial charge is 0.220 e. The van der Waals surface area contributed by atoms with Crippen LogP contribution in [0.4, 0.5) is 11.5 Å². The first-order valence-electron chi connectivity index (χ1n) is 5.38. The molecule has 0 aliphatic carbocycles. The minimum absolute atomic E-state index is 0.0718. The second-order valence-electron chi connectivity index (χ2n) is 3.96. The van der Waals surface area contributed by atoms with Crippen molar-refractivity contribution in [1.82, 2.24) is 10.3 Å². The predicted molar refractivity (Wildman–Crippen MR) is 63.0 cm³/mol. The lowest BCUT2D eigenvalue weighted by molar-refractivity contribution is -0.119. The molecule has 1 aliphatic rings. The molecule has 1 aromatic rings. The number of rotatable bonds is 3. The molecule has 2 rings (SSSR count). The molecule has 1 aromatic heterocycles. The fourth-order valence-electron chi connectivity index (χ4n) is 1.76. The molecule has 1 fully saturated rings. The first kappa shape index (κ1) is 11.2. The van der Waals surface area contributed by atoms with Crippen molar-refractivity contribution in [3.05, 3.63) is 17.8 Å². The van der Waals surface area contributed by atoms with Crippen molar-refractivity contribution in [3.63, 3.8) is 0 Å². The minimum Gasteiger partial charge on any atom is -0.397 e. The van der Waals surface area contributed by atoms with E-state index in [0.717, 1.165) is 6.42 Å². The highest BCUT2D eigenvalue weighted by Gasteiger charge is 2.20. The van der Waals surface area contributed by atoms with Gasteiger partial charge in [-0.2, -0.15) is 5.26 Å². The molecule has 6 nitrogen and oxygen atoms in total. The number of hydrogen-bond donors (Lipinski definition) is 3. The van der Waals surface area contributed by atoms with E-state index in [-0.39, 0.29) is 11.9 Å². The van der Waals surface area contributed by atoms with Crippen LogP contribution in [0.15, 0.2) is 12.3 Å². The van der Waals surface area contributed by atoms with Crippen LogP contribution in [0.1, 0.15) is 18.4 Å². The molecule has 0 spiro atoms. The number of pyridine rings is 1. The zero-order valence-electron chi connectivity index (χ0n) is 9.23. The number of nitrogen functional groups attached to an aromatic ring is 1. The number of hydrogen-bond acceptors (Lipinski definition) is 5. The number of carbonyl (C=O) groups excluding carboxylic acids is 1. The van der Waals surface area contributed by atoms with Crippen LogP contribution in [0.5, 0.6) is 0 Å². The van der Waals surface area contributed by atoms with E-state index in [4.69, 9.17) is 11.0 Å². The quantitative estimate of drug-likeness (QED) is 0.690. The lowest BCUT2D eigenvalue weighted by atomic mass is 10.2. The second-order valence-corrected chi connectivity index (χ2v) is 3.96. The van der Waals surface area contributed by atoms with Crippen molar-refractivity contribution in [1.29, 1.82) is 5.26 Å². The molecule has 1 aliphatic heterocycles. The average molecular weight is 231 g/mol. The monoisotopic (exact) mass is 231 g/mol. The van der Waals surface area contributed by atoms with Crippen LogP contribution in [0.2, 0.25) is 0 Å². The van der Waals surface area contributed by atoms with Crippen molar-refractivity contribution >= 4 is 17.4 Å². The number of anilines is 2. The van der Waals surface area contributed by atoms with Gasteiger partial charge in [0.25, 0.3) is 0 Å². The Hall–Kier alpha value is -2.29. The van der Waals surface area contributed by atoms with Gasteiger partial charge in [-0.15, -0.1) is 0 Å². The number of amides is 1. The van der Waals surface area contributed by atoms with Gasteiger partial charge in [-0.1, -0.05) is 0 Å². The Bertz CT molecular complexity index is 479. The molecule has 0 aromatic carbocycles. The Morgan fingerprint density at radius 2 is 2.53 bits per heavy atom. The first-order valence-corrected chi connectivity index (χ1v) is 5.38. The van der Waals surface area contributed by atoms with Gasteiger partial charge in [0.1, 0.15) is 11.9 Å². The maximum atomic E-state index is 11.0. The SMILES string of the molecule is N#Cc1cc(N)cnc1NCC1CCC(=O)N1. The van der Waals surface area contributed by atoms with Gasteiger partial charge in [-0.25, -0.2) is 4.98 Å². The van der Waals surface area contributed by atoms with E-state index < -0.39 is 0 Å². The second kappa shape index (κ2) is 4.70. The van der Waals surface area contributed by atoms with Gasteiger partial charge in [0.2, 0.25) is 5.91 Å². The molecule has 6 heteroatoms. The molecule has 2 heterocycles. The summed E-state index contributed by atoms with van der Waals surface area (Å²) < 4.78 is 0. The van der Waals surface area contributed by atoms with E-state index in [9.17, 15) is 4.79 Å². The van der Waals surface area contributed by atoms with Gasteiger partial charge in [-0.05, 0) is 12.5 Å². The zero-order valence-corrected chi connectivity index (χ0v) is 9.23. The number of nitrogens with zero attached hydrogens (tertiary/aromatic N) is 2. The van der Waals surface area contributed by atoms with Gasteiger partial charge >= 0.3 is 0 Å². The molecule has 88 valence electrons. The Morgan fingerprint density at radius 1 is 1.71 bits per heavy atom. The zero-order chi connectivity index (χ0) is 12.3. The average Bonchev–Trinajstić information content (AvgIpc) is 2.73. The number of nitriles is 1. The van der Waals surface area contributed by atoms with Crippen molar-refractivity contribution in [2.75, 3.05) is 17.6 Å². The number of aromatic nitrogens is 1. The van der Waals surface area contributed by atoms with Crippen LogP contribution in [-0.4, -0.2) is 23.5 Å². The fourth-order valence-corrected chi connectivity index (χ4v) is 1.76. The fraction of sp³-hybridized carbons (Fsp3) is 0.364. The molecule has 0 bridgehead atoms. The maximum absolute atomic E-state index is 11.0. The summed E-state index contributed by atoms with van der Waals surface area (Å²) in [5.74, 6) is 0.574. The predicted octanol–water partition coefficient (Wildman–Crippen LogP) is 0.226. The molecule has 17 heavy (non-hydrogen) atoms. The summed E-state index contributed by atoms with van der Waals surface area (Å²) in [5.41, 5.74) is 6.41. The molecule has 0 radical (unpaired) electrons. The minimum atomic E-state index is 0.0718. The highest BCUT2D eigenvalue weighted by molar-refractivity contribution is 5.78. The van der Waals surface area contributed by atoms with Crippen LogP contribution >= 0.6 is 0 Å². The van der Waals surface area contributed by atoms with Crippen molar-refractivity contribution < 1.29 is 4.79 Å². The summed E-state index contributed by atoms with van der Waals surface area (Å²) in [5, 5.41) is 14.8. The third-order valence-corrected chi connectivity index (χ3v) is 2.63. The summed E-state index contributed by atoms with van der Waals surface area (Å²) in [6.45, 7) is 0.567.